The molecule has 22 heavy (non-hydrogen) atoms. The number of carbonyl (C=O) groups excluding carboxylic acids is 1. The van der Waals surface area contributed by atoms with Gasteiger partial charge in [-0.3, -0.25) is 9.59 Å². The number of hydrogen-bond acceptors (Lipinski definition) is 6. The maximum Gasteiger partial charge on any atom is 0.323 e. The molecule has 0 atom stereocenters. The lowest BCUT2D eigenvalue weighted by molar-refractivity contribution is -0.143. The van der Waals surface area contributed by atoms with Crippen LogP contribution in [0.1, 0.15) is 0 Å². The van der Waals surface area contributed by atoms with E-state index < -0.39 is 5.97 Å². The SMILES string of the molecule is COCCN(CC(=O)O)C(=O)CSc1nc2ccccc2s1. The van der Waals surface area contributed by atoms with Crippen molar-refractivity contribution in [2.24, 2.45) is 0 Å². The first-order chi connectivity index (χ1) is 10.6. The third-order valence-corrected chi connectivity index (χ3v) is 5.00. The van der Waals surface area contributed by atoms with Crippen molar-refractivity contribution in [2.45, 2.75) is 4.34 Å². The molecule has 0 aliphatic rings. The molecule has 1 heterocycles. The van der Waals surface area contributed by atoms with Gasteiger partial charge in [-0.2, -0.15) is 0 Å². The molecular formula is C14H16N2O4S2. The summed E-state index contributed by atoms with van der Waals surface area (Å²) in [5.41, 5.74) is 0.907. The fourth-order valence-corrected chi connectivity index (χ4v) is 3.76. The van der Waals surface area contributed by atoms with Crippen LogP contribution >= 0.6 is 23.1 Å². The highest BCUT2D eigenvalue weighted by molar-refractivity contribution is 8.01. The van der Waals surface area contributed by atoms with Gasteiger partial charge < -0.3 is 14.7 Å². The molecule has 0 radical (unpaired) electrons. The second-order valence-electron chi connectivity index (χ2n) is 4.44. The van der Waals surface area contributed by atoms with Crippen molar-refractivity contribution in [1.29, 1.82) is 0 Å². The first-order valence-corrected chi connectivity index (χ1v) is 8.37. The molecule has 6 nitrogen and oxygen atoms in total. The molecule has 1 aromatic carbocycles. The number of hydrogen-bond donors (Lipinski definition) is 1. The Hall–Kier alpha value is -1.64. The summed E-state index contributed by atoms with van der Waals surface area (Å²) < 4.78 is 6.77. The van der Waals surface area contributed by atoms with Gasteiger partial charge >= 0.3 is 5.97 Å². The molecule has 0 aliphatic heterocycles. The smallest absolute Gasteiger partial charge is 0.323 e. The van der Waals surface area contributed by atoms with Gasteiger partial charge in [0, 0.05) is 13.7 Å². The molecule has 0 unspecified atom stereocenters. The minimum atomic E-state index is -1.03. The van der Waals surface area contributed by atoms with Gasteiger partial charge in [-0.15, -0.1) is 11.3 Å². The fourth-order valence-electron chi connectivity index (χ4n) is 1.78. The van der Waals surface area contributed by atoms with Crippen molar-refractivity contribution in [1.82, 2.24) is 9.88 Å². The predicted octanol–water partition coefficient (Wildman–Crippen LogP) is 1.95. The van der Waals surface area contributed by atoms with E-state index in [1.54, 1.807) is 0 Å². The van der Waals surface area contributed by atoms with Crippen LogP contribution in [0.5, 0.6) is 0 Å². The second-order valence-corrected chi connectivity index (χ2v) is 6.69. The van der Waals surface area contributed by atoms with Crippen LogP contribution in [0.25, 0.3) is 10.2 Å². The number of fused-ring (bicyclic) bond motifs is 1. The number of benzene rings is 1. The molecule has 0 fully saturated rings. The number of thiazole rings is 1. The number of rotatable bonds is 8. The van der Waals surface area contributed by atoms with Crippen molar-refractivity contribution in [3.05, 3.63) is 24.3 Å². The van der Waals surface area contributed by atoms with E-state index in [0.29, 0.717) is 6.61 Å². The number of aliphatic carboxylic acids is 1. The number of thioether (sulfide) groups is 1. The number of nitrogens with zero attached hydrogens (tertiary/aromatic N) is 2. The van der Waals surface area contributed by atoms with E-state index in [1.807, 2.05) is 24.3 Å². The Morgan fingerprint density at radius 2 is 2.18 bits per heavy atom. The molecule has 2 rings (SSSR count). The number of para-hydroxylation sites is 1. The summed E-state index contributed by atoms with van der Waals surface area (Å²) in [6.07, 6.45) is 0. The minimum absolute atomic E-state index is 0.164. The average Bonchev–Trinajstić information content (AvgIpc) is 2.91. The maximum atomic E-state index is 12.1. The van der Waals surface area contributed by atoms with Crippen LogP contribution < -0.4 is 0 Å². The Bertz CT molecular complexity index is 626. The summed E-state index contributed by atoms with van der Waals surface area (Å²) in [6.45, 7) is 0.259. The third-order valence-electron chi connectivity index (χ3n) is 2.84. The van der Waals surface area contributed by atoms with Gasteiger partial charge in [-0.05, 0) is 12.1 Å². The van der Waals surface area contributed by atoms with Crippen LogP contribution in [-0.2, 0) is 14.3 Å². The number of amides is 1. The highest BCUT2D eigenvalue weighted by Crippen LogP contribution is 2.29. The highest BCUT2D eigenvalue weighted by Gasteiger charge is 2.17. The molecule has 0 spiro atoms. The molecule has 1 aromatic heterocycles. The van der Waals surface area contributed by atoms with E-state index in [9.17, 15) is 9.59 Å². The lowest BCUT2D eigenvalue weighted by Gasteiger charge is -2.19. The molecule has 8 heteroatoms. The van der Waals surface area contributed by atoms with Gasteiger partial charge in [0.1, 0.15) is 6.54 Å². The van der Waals surface area contributed by atoms with E-state index in [4.69, 9.17) is 9.84 Å². The van der Waals surface area contributed by atoms with Gasteiger partial charge in [-0.1, -0.05) is 23.9 Å². The Balaban J connectivity index is 1.95. The lowest BCUT2D eigenvalue weighted by Crippen LogP contribution is -2.39. The Morgan fingerprint density at radius 1 is 1.41 bits per heavy atom. The largest absolute Gasteiger partial charge is 0.480 e. The second kappa shape index (κ2) is 8.11. The van der Waals surface area contributed by atoms with E-state index in [0.717, 1.165) is 14.6 Å². The number of ether oxygens (including phenoxy) is 1. The minimum Gasteiger partial charge on any atom is -0.480 e. The van der Waals surface area contributed by atoms with E-state index >= 15 is 0 Å². The number of carboxylic acid groups (broad SMARTS) is 1. The first kappa shape index (κ1) is 16.7. The number of aromatic nitrogens is 1. The summed E-state index contributed by atoms with van der Waals surface area (Å²) in [7, 11) is 1.51. The number of methoxy groups -OCH3 is 1. The first-order valence-electron chi connectivity index (χ1n) is 6.57. The van der Waals surface area contributed by atoms with E-state index in [1.165, 1.54) is 35.1 Å². The number of carboxylic acids is 1. The van der Waals surface area contributed by atoms with Gasteiger partial charge in [0.25, 0.3) is 0 Å². The molecule has 1 amide bonds. The summed E-state index contributed by atoms with van der Waals surface area (Å²) in [5, 5.41) is 8.86. The van der Waals surface area contributed by atoms with Crippen LogP contribution in [0.2, 0.25) is 0 Å². The fraction of sp³-hybridized carbons (Fsp3) is 0.357. The molecule has 0 saturated heterocycles. The molecule has 1 N–H and O–H groups in total. The monoisotopic (exact) mass is 340 g/mol. The zero-order valence-electron chi connectivity index (χ0n) is 12.0. The molecule has 0 saturated carbocycles. The zero-order valence-corrected chi connectivity index (χ0v) is 13.7. The topological polar surface area (TPSA) is 79.7 Å². The summed E-state index contributed by atoms with van der Waals surface area (Å²) in [5.74, 6) is -1.10. The Morgan fingerprint density at radius 3 is 2.86 bits per heavy atom. The standard InChI is InChI=1S/C14H16N2O4S2/c1-20-7-6-16(8-13(18)19)12(17)9-21-14-15-10-4-2-3-5-11(10)22-14/h2-5H,6-9H2,1H3,(H,18,19). The van der Waals surface area contributed by atoms with E-state index in [-0.39, 0.29) is 24.7 Å². The van der Waals surface area contributed by atoms with Crippen molar-refractivity contribution >= 4 is 45.2 Å². The van der Waals surface area contributed by atoms with Crippen LogP contribution in [0.4, 0.5) is 0 Å². The third kappa shape index (κ3) is 4.69. The molecule has 118 valence electrons. The Kier molecular flexibility index (Phi) is 6.17. The summed E-state index contributed by atoms with van der Waals surface area (Å²) >= 11 is 2.85. The van der Waals surface area contributed by atoms with Crippen molar-refractivity contribution in [3.63, 3.8) is 0 Å². The molecular weight excluding hydrogens is 324 g/mol. The summed E-state index contributed by atoms with van der Waals surface area (Å²) in [4.78, 5) is 28.7. The van der Waals surface area contributed by atoms with Crippen molar-refractivity contribution in [3.8, 4) is 0 Å². The van der Waals surface area contributed by atoms with Crippen LogP contribution in [0.3, 0.4) is 0 Å². The number of carbonyl (C=O) groups is 2. The van der Waals surface area contributed by atoms with Crippen LogP contribution in [0.15, 0.2) is 28.6 Å². The zero-order chi connectivity index (χ0) is 15.9. The van der Waals surface area contributed by atoms with Gasteiger partial charge in [0.2, 0.25) is 5.91 Å². The molecule has 0 bridgehead atoms. The van der Waals surface area contributed by atoms with Crippen molar-refractivity contribution in [2.75, 3.05) is 32.6 Å². The maximum absolute atomic E-state index is 12.1. The van der Waals surface area contributed by atoms with Gasteiger partial charge in [0.15, 0.2) is 4.34 Å². The van der Waals surface area contributed by atoms with Gasteiger partial charge in [-0.25, -0.2) is 4.98 Å². The van der Waals surface area contributed by atoms with Crippen LogP contribution in [0, 0.1) is 0 Å². The van der Waals surface area contributed by atoms with Crippen LogP contribution in [-0.4, -0.2) is 59.4 Å². The normalized spacial score (nSPS) is 10.8. The molecule has 2 aromatic rings. The average molecular weight is 340 g/mol. The molecule has 0 aliphatic carbocycles. The summed E-state index contributed by atoms with van der Waals surface area (Å²) in [6, 6.07) is 7.77. The van der Waals surface area contributed by atoms with E-state index in [2.05, 4.69) is 4.98 Å². The Labute approximate surface area is 136 Å². The van der Waals surface area contributed by atoms with Crippen molar-refractivity contribution < 1.29 is 19.4 Å². The lowest BCUT2D eigenvalue weighted by atomic mass is 10.3. The highest BCUT2D eigenvalue weighted by atomic mass is 32.2. The van der Waals surface area contributed by atoms with Gasteiger partial charge in [0.05, 0.1) is 22.6 Å². The predicted molar refractivity (Wildman–Crippen MR) is 86.4 cm³/mol. The quantitative estimate of drug-likeness (QED) is 0.740.